The third kappa shape index (κ3) is 35.6. The van der Waals surface area contributed by atoms with Crippen LogP contribution in [0, 0.1) is 5.92 Å². The summed E-state index contributed by atoms with van der Waals surface area (Å²) in [6, 6.07) is 0. The highest BCUT2D eigenvalue weighted by Gasteiger charge is 2.14. The van der Waals surface area contributed by atoms with Gasteiger partial charge in [-0.05, 0) is 96.3 Å². The molecule has 0 saturated carbocycles. The molecule has 6 nitrogen and oxygen atoms in total. The summed E-state index contributed by atoms with van der Waals surface area (Å²) in [6.45, 7) is 13.7. The zero-order valence-electron chi connectivity index (χ0n) is 35.0. The fraction of sp³-hybridized carbons (Fsp3) is 0.956. The van der Waals surface area contributed by atoms with Gasteiger partial charge < -0.3 is 20.1 Å². The van der Waals surface area contributed by atoms with Crippen LogP contribution in [-0.2, 0) is 19.1 Å². The number of rotatable bonds is 41. The molecule has 304 valence electrons. The highest BCUT2D eigenvalue weighted by molar-refractivity contribution is 5.69. The van der Waals surface area contributed by atoms with E-state index in [4.69, 9.17) is 15.2 Å². The van der Waals surface area contributed by atoms with E-state index in [1.165, 1.54) is 141 Å². The number of carbonyl (C=O) groups is 2. The first kappa shape index (κ1) is 49.9. The van der Waals surface area contributed by atoms with Crippen LogP contribution in [0.1, 0.15) is 233 Å². The first-order valence-electron chi connectivity index (χ1n) is 22.8. The Kier molecular flexibility index (Phi) is 39.2. The van der Waals surface area contributed by atoms with Gasteiger partial charge in [-0.2, -0.15) is 0 Å². The van der Waals surface area contributed by atoms with Crippen LogP contribution >= 0.6 is 0 Å². The zero-order valence-corrected chi connectivity index (χ0v) is 35.0. The van der Waals surface area contributed by atoms with E-state index in [0.29, 0.717) is 19.4 Å². The molecule has 0 aromatic heterocycles. The van der Waals surface area contributed by atoms with Crippen LogP contribution in [0.2, 0.25) is 0 Å². The quantitative estimate of drug-likeness (QED) is 0.0500. The van der Waals surface area contributed by atoms with E-state index in [1.807, 2.05) is 0 Å². The molecular formula is C45H90N2O4. The molecule has 0 aromatic carbocycles. The van der Waals surface area contributed by atoms with Crippen LogP contribution < -0.4 is 5.73 Å². The van der Waals surface area contributed by atoms with Gasteiger partial charge in [0.25, 0.3) is 0 Å². The predicted octanol–water partition coefficient (Wildman–Crippen LogP) is 12.9. The van der Waals surface area contributed by atoms with Gasteiger partial charge in [-0.25, -0.2) is 0 Å². The van der Waals surface area contributed by atoms with Gasteiger partial charge in [-0.15, -0.1) is 0 Å². The van der Waals surface area contributed by atoms with Crippen molar-refractivity contribution in [3.63, 3.8) is 0 Å². The molecule has 0 radical (unpaired) electrons. The Balaban J connectivity index is 4.05. The highest BCUT2D eigenvalue weighted by Crippen LogP contribution is 2.21. The molecule has 6 heteroatoms. The van der Waals surface area contributed by atoms with E-state index in [0.717, 1.165) is 83.5 Å². The topological polar surface area (TPSA) is 81.9 Å². The van der Waals surface area contributed by atoms with Crippen molar-refractivity contribution in [1.29, 1.82) is 0 Å². The van der Waals surface area contributed by atoms with Crippen LogP contribution in [0.15, 0.2) is 0 Å². The Bertz CT molecular complexity index is 723. The van der Waals surface area contributed by atoms with Crippen molar-refractivity contribution in [3.8, 4) is 0 Å². The third-order valence-electron chi connectivity index (χ3n) is 10.7. The molecule has 2 N–H and O–H groups in total. The largest absolute Gasteiger partial charge is 0.466 e. The lowest BCUT2D eigenvalue weighted by Gasteiger charge is -2.22. The number of nitrogens with two attached hydrogens (primary N) is 1. The Hall–Kier alpha value is -1.14. The molecule has 0 heterocycles. The number of carbonyl (C=O) groups excluding carboxylic acids is 2. The molecule has 51 heavy (non-hydrogen) atoms. The van der Waals surface area contributed by atoms with Gasteiger partial charge in [0.15, 0.2) is 0 Å². The second kappa shape index (κ2) is 40.1. The maximum Gasteiger partial charge on any atom is 0.306 e. The average molecular weight is 723 g/mol. The fourth-order valence-corrected chi connectivity index (χ4v) is 7.24. The minimum Gasteiger partial charge on any atom is -0.466 e. The monoisotopic (exact) mass is 723 g/mol. The number of unbranched alkanes of at least 4 members (excludes halogenated alkanes) is 18. The van der Waals surface area contributed by atoms with Crippen molar-refractivity contribution < 1.29 is 19.1 Å². The molecule has 0 fully saturated rings. The maximum atomic E-state index is 12.6. The summed E-state index contributed by atoms with van der Waals surface area (Å²) >= 11 is 0. The second-order valence-corrected chi connectivity index (χ2v) is 15.7. The van der Waals surface area contributed by atoms with Gasteiger partial charge in [0.1, 0.15) is 6.10 Å². The Morgan fingerprint density at radius 3 is 1.43 bits per heavy atom. The van der Waals surface area contributed by atoms with Crippen LogP contribution in [0.25, 0.3) is 0 Å². The van der Waals surface area contributed by atoms with Crippen LogP contribution in [0.3, 0.4) is 0 Å². The normalized spacial score (nSPS) is 12.2. The predicted molar refractivity (Wildman–Crippen MR) is 220 cm³/mol. The first-order valence-corrected chi connectivity index (χ1v) is 22.8. The number of hydrogen-bond acceptors (Lipinski definition) is 6. The van der Waals surface area contributed by atoms with Gasteiger partial charge >= 0.3 is 11.9 Å². The molecular weight excluding hydrogens is 633 g/mol. The number of ether oxygens (including phenoxy) is 2. The van der Waals surface area contributed by atoms with Crippen molar-refractivity contribution in [1.82, 2.24) is 4.90 Å². The molecule has 0 rings (SSSR count). The number of hydrogen-bond donors (Lipinski definition) is 1. The van der Waals surface area contributed by atoms with Gasteiger partial charge in [-0.1, -0.05) is 156 Å². The Morgan fingerprint density at radius 2 is 0.882 bits per heavy atom. The molecule has 0 aliphatic heterocycles. The van der Waals surface area contributed by atoms with Crippen molar-refractivity contribution in [3.05, 3.63) is 0 Å². The number of esters is 2. The van der Waals surface area contributed by atoms with E-state index < -0.39 is 0 Å². The molecule has 0 saturated heterocycles. The molecule has 0 aliphatic carbocycles. The van der Waals surface area contributed by atoms with Crippen LogP contribution in [0.5, 0.6) is 0 Å². The minimum atomic E-state index is -0.00120. The smallest absolute Gasteiger partial charge is 0.306 e. The lowest BCUT2D eigenvalue weighted by Crippen LogP contribution is -2.28. The molecule has 0 aliphatic rings. The Labute approximate surface area is 318 Å². The Morgan fingerprint density at radius 1 is 0.471 bits per heavy atom. The van der Waals surface area contributed by atoms with E-state index in [-0.39, 0.29) is 18.0 Å². The van der Waals surface area contributed by atoms with Crippen molar-refractivity contribution in [2.45, 2.75) is 239 Å². The second-order valence-electron chi connectivity index (χ2n) is 15.7. The zero-order chi connectivity index (χ0) is 37.5. The van der Waals surface area contributed by atoms with Crippen LogP contribution in [0.4, 0.5) is 0 Å². The van der Waals surface area contributed by atoms with Gasteiger partial charge in [0.05, 0.1) is 6.61 Å². The minimum absolute atomic E-state index is 0.00120. The summed E-state index contributed by atoms with van der Waals surface area (Å²) in [7, 11) is 0. The molecule has 0 spiro atoms. The summed E-state index contributed by atoms with van der Waals surface area (Å²) in [5.41, 5.74) is 5.84. The van der Waals surface area contributed by atoms with Gasteiger partial charge in [0.2, 0.25) is 0 Å². The van der Waals surface area contributed by atoms with Gasteiger partial charge in [-0.3, -0.25) is 9.59 Å². The first-order chi connectivity index (χ1) is 25.0. The maximum absolute atomic E-state index is 12.6. The van der Waals surface area contributed by atoms with Crippen LogP contribution in [-0.4, -0.2) is 55.7 Å². The summed E-state index contributed by atoms with van der Waals surface area (Å²) in [4.78, 5) is 27.5. The molecule has 0 amide bonds. The standard InChI is InChI=1S/C45H90N2O4/c1-5-9-13-16-24-33-43(32-23-12-8-4)51-45(49)35-26-18-15-20-28-39-47(40-29-37-46)38-27-19-14-17-25-34-44(48)50-41-36-42(30-21-10-6-2)31-22-11-7-3/h42-43H,5-41,46H2,1-4H3. The van der Waals surface area contributed by atoms with Crippen molar-refractivity contribution in [2.24, 2.45) is 11.7 Å². The van der Waals surface area contributed by atoms with E-state index >= 15 is 0 Å². The fourth-order valence-electron chi connectivity index (χ4n) is 7.24. The van der Waals surface area contributed by atoms with E-state index in [1.54, 1.807) is 0 Å². The van der Waals surface area contributed by atoms with Crippen molar-refractivity contribution in [2.75, 3.05) is 32.8 Å². The summed E-state index contributed by atoms with van der Waals surface area (Å²) in [5, 5.41) is 0. The lowest BCUT2D eigenvalue weighted by atomic mass is 9.92. The molecule has 0 aromatic rings. The van der Waals surface area contributed by atoms with Gasteiger partial charge in [0, 0.05) is 12.8 Å². The highest BCUT2D eigenvalue weighted by atomic mass is 16.5. The number of nitrogens with zero attached hydrogens (tertiary/aromatic N) is 1. The molecule has 1 unspecified atom stereocenters. The average Bonchev–Trinajstić information content (AvgIpc) is 3.12. The summed E-state index contributed by atoms with van der Waals surface area (Å²) < 4.78 is 11.6. The SMILES string of the molecule is CCCCCCCC(CCCCC)OC(=O)CCCCCCCN(CCCN)CCCCCCCC(=O)OCCC(CCCCC)CCCCC. The lowest BCUT2D eigenvalue weighted by molar-refractivity contribution is -0.150. The van der Waals surface area contributed by atoms with E-state index in [9.17, 15) is 9.59 Å². The molecule has 0 bridgehead atoms. The third-order valence-corrected chi connectivity index (χ3v) is 10.7. The molecule has 1 atom stereocenters. The summed E-state index contributed by atoms with van der Waals surface area (Å²) in [6.07, 6.45) is 37.1. The van der Waals surface area contributed by atoms with Crippen molar-refractivity contribution >= 4 is 11.9 Å². The van der Waals surface area contributed by atoms with E-state index in [2.05, 4.69) is 32.6 Å². The summed E-state index contributed by atoms with van der Waals surface area (Å²) in [5.74, 6) is 0.738.